The highest BCUT2D eigenvalue weighted by molar-refractivity contribution is 5.71. The zero-order valence-electron chi connectivity index (χ0n) is 12.9. The van der Waals surface area contributed by atoms with E-state index < -0.39 is 0 Å². The summed E-state index contributed by atoms with van der Waals surface area (Å²) < 4.78 is 5.10. The Balaban J connectivity index is 0.000000982. The summed E-state index contributed by atoms with van der Waals surface area (Å²) in [5.41, 5.74) is 0. The third-order valence-corrected chi connectivity index (χ3v) is 2.99. The van der Waals surface area contributed by atoms with E-state index in [1.54, 1.807) is 0 Å². The summed E-state index contributed by atoms with van der Waals surface area (Å²) in [6, 6.07) is 0. The zero-order valence-corrected chi connectivity index (χ0v) is 12.9. The Morgan fingerprint density at radius 2 is 1.84 bits per heavy atom. The number of rotatable bonds is 8. The molecule has 0 radical (unpaired) electrons. The molecule has 0 aromatic carbocycles. The van der Waals surface area contributed by atoms with Crippen LogP contribution < -0.4 is 5.32 Å². The van der Waals surface area contributed by atoms with E-state index >= 15 is 0 Å². The Kier molecular flexibility index (Phi) is 13.0. The summed E-state index contributed by atoms with van der Waals surface area (Å²) in [5.74, 6) is -0.0470. The van der Waals surface area contributed by atoms with Crippen LogP contribution in [0.15, 0.2) is 12.2 Å². The molecule has 0 spiro atoms. The molecule has 1 rings (SSSR count). The van der Waals surface area contributed by atoms with Crippen LogP contribution in [0.25, 0.3) is 0 Å². The first-order valence-corrected chi connectivity index (χ1v) is 7.69. The van der Waals surface area contributed by atoms with Crippen LogP contribution in [0.2, 0.25) is 0 Å². The first-order valence-electron chi connectivity index (χ1n) is 7.69. The van der Waals surface area contributed by atoms with E-state index in [-0.39, 0.29) is 12.1 Å². The van der Waals surface area contributed by atoms with Crippen molar-refractivity contribution in [2.24, 2.45) is 0 Å². The summed E-state index contributed by atoms with van der Waals surface area (Å²) in [5, 5.41) is 2.75. The van der Waals surface area contributed by atoms with Gasteiger partial charge in [0.25, 0.3) is 0 Å². The number of unbranched alkanes of at least 4 members (excludes halogenated alkanes) is 6. The Labute approximate surface area is 118 Å². The third kappa shape index (κ3) is 12.0. The van der Waals surface area contributed by atoms with E-state index in [1.807, 2.05) is 14.1 Å². The third-order valence-electron chi connectivity index (χ3n) is 2.99. The lowest BCUT2D eigenvalue weighted by Gasteiger charge is -2.01. The molecule has 3 heteroatoms. The first-order chi connectivity index (χ1) is 9.24. The summed E-state index contributed by atoms with van der Waals surface area (Å²) in [4.78, 5) is 10.8. The lowest BCUT2D eigenvalue weighted by molar-refractivity contribution is -0.139. The topological polar surface area (TPSA) is 38.3 Å². The van der Waals surface area contributed by atoms with Crippen LogP contribution in [0.1, 0.15) is 64.7 Å². The summed E-state index contributed by atoms with van der Waals surface area (Å²) in [6.45, 7) is 2.24. The molecule has 0 aromatic rings. The van der Waals surface area contributed by atoms with Gasteiger partial charge < -0.3 is 10.1 Å². The highest BCUT2D eigenvalue weighted by Gasteiger charge is 2.19. The molecule has 1 heterocycles. The summed E-state index contributed by atoms with van der Waals surface area (Å²) >= 11 is 0. The average molecular weight is 269 g/mol. The molecule has 0 amide bonds. The Hall–Kier alpha value is -0.830. The van der Waals surface area contributed by atoms with Gasteiger partial charge in [0.05, 0.1) is 0 Å². The van der Waals surface area contributed by atoms with Crippen molar-refractivity contribution < 1.29 is 9.53 Å². The van der Waals surface area contributed by atoms with Gasteiger partial charge >= 0.3 is 5.97 Å². The number of carbonyl (C=O) groups excluding carboxylic acids is 1. The van der Waals surface area contributed by atoms with Crippen molar-refractivity contribution in [1.29, 1.82) is 0 Å². The molecule has 3 nitrogen and oxygen atoms in total. The largest absolute Gasteiger partial charge is 0.458 e. The number of hydrogen-bond donors (Lipinski definition) is 1. The molecule has 0 unspecified atom stereocenters. The van der Waals surface area contributed by atoms with Crippen molar-refractivity contribution in [3.8, 4) is 0 Å². The van der Waals surface area contributed by atoms with Gasteiger partial charge in [0, 0.05) is 6.42 Å². The van der Waals surface area contributed by atoms with Gasteiger partial charge in [-0.3, -0.25) is 4.79 Å². The molecule has 0 aromatic heterocycles. The number of esters is 1. The van der Waals surface area contributed by atoms with Crippen molar-refractivity contribution in [2.45, 2.75) is 70.8 Å². The molecule has 0 saturated carbocycles. The minimum Gasteiger partial charge on any atom is -0.458 e. The zero-order chi connectivity index (χ0) is 14.3. The van der Waals surface area contributed by atoms with E-state index in [2.05, 4.69) is 24.4 Å². The SMILES string of the molecule is CCCCCCCC/C=C\[C@H]1CCC(=O)O1.CNC. The Bertz CT molecular complexity index is 239. The van der Waals surface area contributed by atoms with Crippen LogP contribution in [0.3, 0.4) is 0 Å². The molecule has 112 valence electrons. The Morgan fingerprint density at radius 3 is 2.42 bits per heavy atom. The van der Waals surface area contributed by atoms with Crippen LogP contribution in [0.4, 0.5) is 0 Å². The fourth-order valence-corrected chi connectivity index (χ4v) is 1.97. The second-order valence-electron chi connectivity index (χ2n) is 5.05. The van der Waals surface area contributed by atoms with Gasteiger partial charge in [-0.2, -0.15) is 0 Å². The van der Waals surface area contributed by atoms with Gasteiger partial charge in [-0.25, -0.2) is 0 Å². The van der Waals surface area contributed by atoms with Crippen molar-refractivity contribution in [3.63, 3.8) is 0 Å². The lowest BCUT2D eigenvalue weighted by Crippen LogP contribution is -2.01. The predicted molar refractivity (Wildman–Crippen MR) is 81.2 cm³/mol. The lowest BCUT2D eigenvalue weighted by atomic mass is 10.1. The van der Waals surface area contributed by atoms with E-state index in [9.17, 15) is 4.79 Å². The fourth-order valence-electron chi connectivity index (χ4n) is 1.97. The molecule has 0 aliphatic carbocycles. The summed E-state index contributed by atoms with van der Waals surface area (Å²) in [7, 11) is 3.75. The van der Waals surface area contributed by atoms with Gasteiger partial charge in [0.15, 0.2) is 0 Å². The van der Waals surface area contributed by atoms with E-state index in [0.717, 1.165) is 12.8 Å². The molecule has 1 atom stereocenters. The standard InChI is InChI=1S/C14H24O2.C2H7N/c1-2-3-4-5-6-7-8-9-10-13-11-12-14(15)16-13;1-3-2/h9-10,13H,2-8,11-12H2,1H3;3H,1-2H3/b10-9-;/t13-;/m0./s1. The van der Waals surface area contributed by atoms with E-state index in [0.29, 0.717) is 6.42 Å². The van der Waals surface area contributed by atoms with Crippen LogP contribution >= 0.6 is 0 Å². The minimum absolute atomic E-state index is 0.0470. The van der Waals surface area contributed by atoms with Gasteiger partial charge in [-0.15, -0.1) is 0 Å². The molecule has 1 saturated heterocycles. The first kappa shape index (κ1) is 18.2. The quantitative estimate of drug-likeness (QED) is 0.413. The van der Waals surface area contributed by atoms with Crippen LogP contribution in [0, 0.1) is 0 Å². The van der Waals surface area contributed by atoms with Crippen molar-refractivity contribution >= 4 is 5.97 Å². The molecule has 19 heavy (non-hydrogen) atoms. The van der Waals surface area contributed by atoms with Gasteiger partial charge in [0.2, 0.25) is 0 Å². The normalized spacial score (nSPS) is 18.3. The average Bonchev–Trinajstić information content (AvgIpc) is 2.79. The maximum atomic E-state index is 10.8. The van der Waals surface area contributed by atoms with Crippen molar-refractivity contribution in [2.75, 3.05) is 14.1 Å². The number of allylic oxidation sites excluding steroid dienone is 1. The van der Waals surface area contributed by atoms with Crippen molar-refractivity contribution in [3.05, 3.63) is 12.2 Å². The molecule has 0 bridgehead atoms. The number of nitrogens with one attached hydrogen (secondary N) is 1. The number of carbonyl (C=O) groups is 1. The smallest absolute Gasteiger partial charge is 0.306 e. The second kappa shape index (κ2) is 13.6. The predicted octanol–water partition coefficient (Wildman–Crippen LogP) is 3.83. The molecular weight excluding hydrogens is 238 g/mol. The highest BCUT2D eigenvalue weighted by Crippen LogP contribution is 2.15. The maximum absolute atomic E-state index is 10.8. The van der Waals surface area contributed by atoms with Crippen LogP contribution in [0.5, 0.6) is 0 Å². The monoisotopic (exact) mass is 269 g/mol. The molecule has 1 aliphatic rings. The fraction of sp³-hybridized carbons (Fsp3) is 0.812. The molecule has 1 aliphatic heterocycles. The van der Waals surface area contributed by atoms with Gasteiger partial charge in [-0.1, -0.05) is 45.1 Å². The van der Waals surface area contributed by atoms with Gasteiger partial charge in [0.1, 0.15) is 6.10 Å². The van der Waals surface area contributed by atoms with Crippen LogP contribution in [-0.2, 0) is 9.53 Å². The molecule has 1 N–H and O–H groups in total. The minimum atomic E-state index is -0.0470. The second-order valence-corrected chi connectivity index (χ2v) is 5.05. The van der Waals surface area contributed by atoms with Crippen molar-refractivity contribution in [1.82, 2.24) is 5.32 Å². The molecule has 1 fully saturated rings. The van der Waals surface area contributed by atoms with Gasteiger partial charge in [-0.05, 0) is 39.4 Å². The molecular formula is C16H31NO2. The highest BCUT2D eigenvalue weighted by atomic mass is 16.5. The van der Waals surface area contributed by atoms with E-state index in [1.165, 1.54) is 38.5 Å². The maximum Gasteiger partial charge on any atom is 0.306 e. The number of cyclic esters (lactones) is 1. The number of ether oxygens (including phenoxy) is 1. The Morgan fingerprint density at radius 1 is 1.21 bits per heavy atom. The van der Waals surface area contributed by atoms with Crippen LogP contribution in [-0.4, -0.2) is 26.2 Å². The van der Waals surface area contributed by atoms with E-state index in [4.69, 9.17) is 4.74 Å². The summed E-state index contributed by atoms with van der Waals surface area (Å²) in [6.07, 6.45) is 14.9. The number of hydrogen-bond acceptors (Lipinski definition) is 3.